The lowest BCUT2D eigenvalue weighted by Crippen LogP contribution is -2.02. The lowest BCUT2D eigenvalue weighted by atomic mass is 10.1. The van der Waals surface area contributed by atoms with Crippen LogP contribution < -0.4 is 0 Å². The first-order valence-electron chi connectivity index (χ1n) is 7.60. The van der Waals surface area contributed by atoms with Crippen LogP contribution in [0.1, 0.15) is 0 Å². The molecule has 0 aliphatic carbocycles. The fourth-order valence-corrected chi connectivity index (χ4v) is 3.30. The number of hydrogen-bond donors (Lipinski definition) is 0. The van der Waals surface area contributed by atoms with E-state index in [2.05, 4.69) is 65.2 Å². The van der Waals surface area contributed by atoms with E-state index in [1.165, 1.54) is 5.39 Å². The van der Waals surface area contributed by atoms with Gasteiger partial charge in [0.1, 0.15) is 4.64 Å². The highest BCUT2D eigenvalue weighted by Crippen LogP contribution is 2.28. The number of benzene rings is 3. The summed E-state index contributed by atoms with van der Waals surface area (Å²) >= 11 is 5.83. The molecule has 23 heavy (non-hydrogen) atoms. The van der Waals surface area contributed by atoms with Gasteiger partial charge in [0.05, 0.1) is 5.69 Å². The van der Waals surface area contributed by atoms with Gasteiger partial charge in [-0.25, -0.2) is 0 Å². The van der Waals surface area contributed by atoms with Crippen molar-refractivity contribution in [2.75, 3.05) is 0 Å². The molecule has 110 valence electrons. The van der Waals surface area contributed by atoms with Gasteiger partial charge in [-0.15, -0.1) is 0 Å². The molecule has 1 heterocycles. The molecule has 4 aromatic rings. The minimum absolute atomic E-state index is 0.841. The first kappa shape index (κ1) is 13.9. The van der Waals surface area contributed by atoms with Crippen molar-refractivity contribution in [2.24, 2.45) is 0 Å². The third-order valence-corrected chi connectivity index (χ3v) is 4.41. The SMILES string of the molecule is S=c1c2ccccc2cc(-c2ccccc2)n1-c1ccccc1. The average molecular weight is 313 g/mol. The zero-order valence-electron chi connectivity index (χ0n) is 12.5. The number of para-hydroxylation sites is 1. The van der Waals surface area contributed by atoms with E-state index in [1.54, 1.807) is 0 Å². The molecule has 1 nitrogen and oxygen atoms in total. The van der Waals surface area contributed by atoms with Gasteiger partial charge in [0.25, 0.3) is 0 Å². The Bertz CT molecular complexity index is 1020. The second-order valence-electron chi connectivity index (χ2n) is 5.46. The molecule has 0 aliphatic heterocycles. The summed E-state index contributed by atoms with van der Waals surface area (Å²) in [7, 11) is 0. The van der Waals surface area contributed by atoms with E-state index >= 15 is 0 Å². The Hall–Kier alpha value is -2.71. The monoisotopic (exact) mass is 313 g/mol. The molecular formula is C21H15NS. The number of hydrogen-bond acceptors (Lipinski definition) is 1. The predicted octanol–water partition coefficient (Wildman–Crippen LogP) is 6.03. The largest absolute Gasteiger partial charge is 0.300 e. The van der Waals surface area contributed by atoms with Crippen LogP contribution in [0.5, 0.6) is 0 Å². The molecule has 0 atom stereocenters. The van der Waals surface area contributed by atoms with Crippen molar-refractivity contribution in [3.63, 3.8) is 0 Å². The third-order valence-electron chi connectivity index (χ3n) is 4.01. The molecule has 0 spiro atoms. The highest BCUT2D eigenvalue weighted by molar-refractivity contribution is 7.71. The molecule has 0 radical (unpaired) electrons. The third kappa shape index (κ3) is 2.47. The van der Waals surface area contributed by atoms with Crippen LogP contribution >= 0.6 is 12.2 Å². The standard InChI is InChI=1S/C21H15NS/c23-21-19-14-8-7-11-17(19)15-20(16-9-3-1-4-10-16)22(21)18-12-5-2-6-13-18/h1-15H. The van der Waals surface area contributed by atoms with Crippen molar-refractivity contribution in [3.05, 3.63) is 95.6 Å². The highest BCUT2D eigenvalue weighted by Gasteiger charge is 2.10. The Morgan fingerprint density at radius 1 is 0.652 bits per heavy atom. The molecule has 0 amide bonds. The average Bonchev–Trinajstić information content (AvgIpc) is 2.63. The number of aromatic nitrogens is 1. The summed E-state index contributed by atoms with van der Waals surface area (Å²) in [6.07, 6.45) is 0. The van der Waals surface area contributed by atoms with Crippen LogP contribution in [0, 0.1) is 4.64 Å². The number of rotatable bonds is 2. The summed E-state index contributed by atoms with van der Waals surface area (Å²) in [5.74, 6) is 0. The summed E-state index contributed by atoms with van der Waals surface area (Å²) in [5.41, 5.74) is 3.36. The predicted molar refractivity (Wildman–Crippen MR) is 99.5 cm³/mol. The van der Waals surface area contributed by atoms with E-state index in [1.807, 2.05) is 30.3 Å². The van der Waals surface area contributed by atoms with E-state index in [4.69, 9.17) is 12.2 Å². The molecule has 0 aliphatic rings. The first-order chi connectivity index (χ1) is 11.3. The summed E-state index contributed by atoms with van der Waals surface area (Å²) in [6, 6.07) is 31.2. The normalized spacial score (nSPS) is 10.8. The molecule has 2 heteroatoms. The van der Waals surface area contributed by atoms with Crippen LogP contribution in [0.3, 0.4) is 0 Å². The smallest absolute Gasteiger partial charge is 0.118 e. The Morgan fingerprint density at radius 2 is 1.26 bits per heavy atom. The van der Waals surface area contributed by atoms with Crippen LogP contribution in [0.25, 0.3) is 27.7 Å². The lowest BCUT2D eigenvalue weighted by molar-refractivity contribution is 1.05. The molecule has 0 unspecified atom stereocenters. The Kier molecular flexibility index (Phi) is 3.52. The summed E-state index contributed by atoms with van der Waals surface area (Å²) < 4.78 is 3.00. The molecule has 1 aromatic heterocycles. The fraction of sp³-hybridized carbons (Fsp3) is 0. The Morgan fingerprint density at radius 3 is 2.00 bits per heavy atom. The van der Waals surface area contributed by atoms with Gasteiger partial charge in [-0.05, 0) is 29.1 Å². The van der Waals surface area contributed by atoms with Gasteiger partial charge in [-0.1, -0.05) is 85.0 Å². The van der Waals surface area contributed by atoms with Crippen molar-refractivity contribution < 1.29 is 0 Å². The van der Waals surface area contributed by atoms with Crippen molar-refractivity contribution >= 4 is 23.0 Å². The number of pyridine rings is 1. The first-order valence-corrected chi connectivity index (χ1v) is 8.01. The van der Waals surface area contributed by atoms with Gasteiger partial charge in [0.15, 0.2) is 0 Å². The van der Waals surface area contributed by atoms with Gasteiger partial charge in [-0.2, -0.15) is 0 Å². The van der Waals surface area contributed by atoms with Crippen molar-refractivity contribution in [1.29, 1.82) is 0 Å². The van der Waals surface area contributed by atoms with Gasteiger partial charge in [0, 0.05) is 11.1 Å². The van der Waals surface area contributed by atoms with Crippen LogP contribution in [0.2, 0.25) is 0 Å². The second-order valence-corrected chi connectivity index (χ2v) is 5.85. The van der Waals surface area contributed by atoms with Crippen LogP contribution in [-0.2, 0) is 0 Å². The van der Waals surface area contributed by atoms with E-state index in [0.29, 0.717) is 0 Å². The Labute approximate surface area is 140 Å². The molecule has 0 fully saturated rings. The minimum Gasteiger partial charge on any atom is -0.300 e. The summed E-state index contributed by atoms with van der Waals surface area (Å²) in [5, 5.41) is 2.27. The lowest BCUT2D eigenvalue weighted by Gasteiger charge is -2.16. The van der Waals surface area contributed by atoms with Gasteiger partial charge >= 0.3 is 0 Å². The highest BCUT2D eigenvalue weighted by atomic mass is 32.1. The topological polar surface area (TPSA) is 4.93 Å². The molecule has 3 aromatic carbocycles. The van der Waals surface area contributed by atoms with E-state index < -0.39 is 0 Å². The van der Waals surface area contributed by atoms with Crippen LogP contribution in [-0.4, -0.2) is 4.57 Å². The van der Waals surface area contributed by atoms with E-state index in [9.17, 15) is 0 Å². The van der Waals surface area contributed by atoms with Gasteiger partial charge < -0.3 is 4.57 Å². The summed E-state index contributed by atoms with van der Waals surface area (Å²) in [4.78, 5) is 0. The number of nitrogens with zero attached hydrogens (tertiary/aromatic N) is 1. The van der Waals surface area contributed by atoms with E-state index in [0.717, 1.165) is 27.0 Å². The zero-order valence-corrected chi connectivity index (χ0v) is 13.3. The maximum atomic E-state index is 5.83. The molecule has 0 saturated heterocycles. The fourth-order valence-electron chi connectivity index (χ4n) is 2.91. The maximum absolute atomic E-state index is 5.83. The van der Waals surface area contributed by atoms with Crippen molar-refractivity contribution in [3.8, 4) is 16.9 Å². The molecule has 4 rings (SSSR count). The quantitative estimate of drug-likeness (QED) is 0.409. The Balaban J connectivity index is 2.14. The summed E-state index contributed by atoms with van der Waals surface area (Å²) in [6.45, 7) is 0. The molecule has 0 bridgehead atoms. The second kappa shape index (κ2) is 5.82. The zero-order chi connectivity index (χ0) is 15.6. The number of fused-ring (bicyclic) bond motifs is 1. The molecular weight excluding hydrogens is 298 g/mol. The van der Waals surface area contributed by atoms with Gasteiger partial charge in [-0.3, -0.25) is 0 Å². The van der Waals surface area contributed by atoms with Crippen molar-refractivity contribution in [1.82, 2.24) is 4.57 Å². The van der Waals surface area contributed by atoms with Crippen LogP contribution in [0.15, 0.2) is 91.0 Å². The minimum atomic E-state index is 0.841. The van der Waals surface area contributed by atoms with Gasteiger partial charge in [0.2, 0.25) is 0 Å². The maximum Gasteiger partial charge on any atom is 0.118 e. The van der Waals surface area contributed by atoms with E-state index in [-0.39, 0.29) is 0 Å². The van der Waals surface area contributed by atoms with Crippen molar-refractivity contribution in [2.45, 2.75) is 0 Å². The molecule has 0 saturated carbocycles. The molecule has 0 N–H and O–H groups in total. The van der Waals surface area contributed by atoms with Crippen LogP contribution in [0.4, 0.5) is 0 Å².